The van der Waals surface area contributed by atoms with Crippen LogP contribution in [0.15, 0.2) is 70.5 Å². The van der Waals surface area contributed by atoms with Crippen LogP contribution in [0.4, 0.5) is 0 Å². The maximum Gasteiger partial charge on any atom is 0.0607 e. The van der Waals surface area contributed by atoms with Gasteiger partial charge in [-0.3, -0.25) is 0 Å². The molecule has 0 aliphatic rings. The van der Waals surface area contributed by atoms with E-state index in [4.69, 9.17) is 92.8 Å². The predicted molar refractivity (Wildman–Crippen MR) is 148 cm³/mol. The van der Waals surface area contributed by atoms with Crippen molar-refractivity contribution in [2.24, 2.45) is 0 Å². The van der Waals surface area contributed by atoms with Crippen molar-refractivity contribution in [2.75, 3.05) is 0 Å². The number of benzene rings is 4. The highest BCUT2D eigenvalue weighted by Gasteiger charge is 2.17. The summed E-state index contributed by atoms with van der Waals surface area (Å²) in [5.74, 6) is 0. The van der Waals surface area contributed by atoms with Crippen LogP contribution in [0, 0.1) is 0 Å². The van der Waals surface area contributed by atoms with Gasteiger partial charge in [0, 0.05) is 31.0 Å². The smallest absolute Gasteiger partial charge is 0.0607 e. The largest absolute Gasteiger partial charge is 0.0888 e. The maximum atomic E-state index is 6.51. The Labute approximate surface area is 235 Å². The second-order valence-electron chi connectivity index (χ2n) is 6.88. The molecular weight excluding hydrogens is 604 g/mol. The molecule has 0 aliphatic heterocycles. The topological polar surface area (TPSA) is 0 Å². The van der Waals surface area contributed by atoms with Gasteiger partial charge in [-0.25, -0.2) is 0 Å². The van der Waals surface area contributed by atoms with E-state index in [1.54, 1.807) is 36.4 Å². The summed E-state index contributed by atoms with van der Waals surface area (Å²) < 4.78 is 0. The lowest BCUT2D eigenvalue weighted by atomic mass is 10.1. The highest BCUT2D eigenvalue weighted by atomic mass is 35.5. The first kappa shape index (κ1) is 25.6. The molecule has 0 bridgehead atoms. The molecule has 33 heavy (non-hydrogen) atoms. The van der Waals surface area contributed by atoms with E-state index in [2.05, 4.69) is 0 Å². The Morgan fingerprint density at radius 1 is 0.364 bits per heavy atom. The van der Waals surface area contributed by atoms with Crippen LogP contribution in [-0.2, 0) is 0 Å². The fourth-order valence-electron chi connectivity index (χ4n) is 3.18. The van der Waals surface area contributed by atoms with Crippen LogP contribution in [0.2, 0.25) is 40.2 Å². The molecule has 168 valence electrons. The molecule has 0 fully saturated rings. The molecule has 4 rings (SSSR count). The summed E-state index contributed by atoms with van der Waals surface area (Å²) in [4.78, 5) is 1.78. The third-order valence-corrected chi connectivity index (χ3v) is 8.40. The van der Waals surface area contributed by atoms with Crippen LogP contribution in [0.3, 0.4) is 0 Å². The van der Waals surface area contributed by atoms with E-state index in [1.165, 1.54) is 11.8 Å². The van der Waals surface area contributed by atoms with Crippen LogP contribution >= 0.6 is 105 Å². The molecule has 0 aliphatic carbocycles. The summed E-state index contributed by atoms with van der Waals surface area (Å²) in [6.07, 6.45) is 0. The highest BCUT2D eigenvalue weighted by molar-refractivity contribution is 7.99. The first-order valence-corrected chi connectivity index (χ1v) is 13.0. The summed E-state index contributed by atoms with van der Waals surface area (Å²) in [7, 11) is 0. The molecule has 0 atom stereocenters. The van der Waals surface area contributed by atoms with Crippen molar-refractivity contribution in [3.05, 3.63) is 101 Å². The second kappa shape index (κ2) is 10.7. The zero-order chi connectivity index (χ0) is 23.9. The first-order valence-electron chi connectivity index (χ1n) is 9.21. The summed E-state index contributed by atoms with van der Waals surface area (Å²) in [6, 6.07) is 17.8. The normalized spacial score (nSPS) is 11.2. The molecule has 0 heterocycles. The zero-order valence-corrected chi connectivity index (χ0v) is 23.1. The van der Waals surface area contributed by atoms with Gasteiger partial charge in [-0.2, -0.15) is 0 Å². The van der Waals surface area contributed by atoms with E-state index < -0.39 is 0 Å². The van der Waals surface area contributed by atoms with E-state index in [9.17, 15) is 0 Å². The van der Waals surface area contributed by atoms with Gasteiger partial charge in [0.1, 0.15) is 0 Å². The lowest BCUT2D eigenvalue weighted by Crippen LogP contribution is -1.89. The Hall–Kier alpha value is -0.450. The van der Waals surface area contributed by atoms with Crippen molar-refractivity contribution in [1.82, 2.24) is 0 Å². The Balaban J connectivity index is 1.87. The van der Waals surface area contributed by atoms with Gasteiger partial charge in [0.2, 0.25) is 0 Å². The van der Waals surface area contributed by atoms with E-state index >= 15 is 0 Å². The van der Waals surface area contributed by atoms with E-state index in [0.717, 1.165) is 20.9 Å². The number of hydrogen-bond acceptors (Lipinski definition) is 1. The minimum absolute atomic E-state index is 0.371. The third-order valence-electron chi connectivity index (χ3n) is 4.70. The van der Waals surface area contributed by atoms with E-state index in [-0.39, 0.29) is 0 Å². The highest BCUT2D eigenvalue weighted by Crippen LogP contribution is 2.46. The minimum Gasteiger partial charge on any atom is -0.0888 e. The minimum atomic E-state index is 0.371. The predicted octanol–water partition coefficient (Wildman–Crippen LogP) is 12.4. The number of halogens is 8. The van der Waals surface area contributed by atoms with Gasteiger partial charge in [-0.15, -0.1) is 0 Å². The Morgan fingerprint density at radius 3 is 1.12 bits per heavy atom. The van der Waals surface area contributed by atoms with Gasteiger partial charge in [-0.1, -0.05) is 105 Å². The van der Waals surface area contributed by atoms with Crippen LogP contribution in [-0.4, -0.2) is 0 Å². The molecular formula is C24H10Cl8S. The summed E-state index contributed by atoms with van der Waals surface area (Å²) in [5.41, 5.74) is 3.02. The molecule has 0 saturated carbocycles. The Bertz CT molecular complexity index is 1280. The lowest BCUT2D eigenvalue weighted by Gasteiger charge is -2.16. The van der Waals surface area contributed by atoms with Gasteiger partial charge in [-0.05, 0) is 71.8 Å². The molecule has 0 aromatic heterocycles. The molecule has 0 unspecified atom stereocenters. The lowest BCUT2D eigenvalue weighted by molar-refractivity contribution is 1.39. The average molecular weight is 614 g/mol. The Kier molecular flexibility index (Phi) is 8.28. The SMILES string of the molecule is Clc1ccc(Sc2ccc(Cl)cc2-c2cc(Cl)c(Cl)cc2Cl)c(-c2cc(Cl)c(Cl)cc2Cl)c1. The molecule has 0 nitrogen and oxygen atoms in total. The van der Waals surface area contributed by atoms with Gasteiger partial charge >= 0.3 is 0 Å². The fourth-order valence-corrected chi connectivity index (χ4v) is 5.89. The standard InChI is InChI=1S/C24H10Cl8S/c25-11-1-3-23(15(5-11)13-7-19(29)21(31)9-17(13)27)33-24-4-2-12(26)6-16(24)14-8-20(30)22(32)10-18(14)28/h1-10H. The summed E-state index contributed by atoms with van der Waals surface area (Å²) in [5, 5.41) is 3.55. The van der Waals surface area contributed by atoms with E-state index in [0.29, 0.717) is 51.3 Å². The van der Waals surface area contributed by atoms with Crippen LogP contribution in [0.1, 0.15) is 0 Å². The summed E-state index contributed by atoms with van der Waals surface area (Å²) >= 11 is 51.9. The Morgan fingerprint density at radius 2 is 0.727 bits per heavy atom. The summed E-state index contributed by atoms with van der Waals surface area (Å²) in [6.45, 7) is 0. The van der Waals surface area contributed by atoms with Gasteiger partial charge in [0.15, 0.2) is 0 Å². The molecule has 0 N–H and O–H groups in total. The molecule has 4 aromatic rings. The van der Waals surface area contributed by atoms with Crippen LogP contribution in [0.25, 0.3) is 22.3 Å². The molecule has 0 amide bonds. The van der Waals surface area contributed by atoms with Crippen molar-refractivity contribution in [3.63, 3.8) is 0 Å². The fraction of sp³-hybridized carbons (Fsp3) is 0. The van der Waals surface area contributed by atoms with E-state index in [1.807, 2.05) is 24.3 Å². The van der Waals surface area contributed by atoms with Crippen molar-refractivity contribution in [1.29, 1.82) is 0 Å². The average Bonchev–Trinajstić information content (AvgIpc) is 2.76. The number of hydrogen-bond donors (Lipinski definition) is 0. The molecule has 9 heteroatoms. The van der Waals surface area contributed by atoms with Crippen LogP contribution < -0.4 is 0 Å². The second-order valence-corrected chi connectivity index (χ2v) is 11.3. The van der Waals surface area contributed by atoms with Crippen molar-refractivity contribution >= 4 is 105 Å². The third kappa shape index (κ3) is 5.70. The number of rotatable bonds is 4. The monoisotopic (exact) mass is 610 g/mol. The molecule has 0 spiro atoms. The molecule has 0 radical (unpaired) electrons. The quantitative estimate of drug-likeness (QED) is 0.206. The van der Waals surface area contributed by atoms with Gasteiger partial charge in [0.25, 0.3) is 0 Å². The van der Waals surface area contributed by atoms with Crippen molar-refractivity contribution in [3.8, 4) is 22.3 Å². The van der Waals surface area contributed by atoms with Crippen LogP contribution in [0.5, 0.6) is 0 Å². The maximum absolute atomic E-state index is 6.51. The first-order chi connectivity index (χ1) is 15.6. The van der Waals surface area contributed by atoms with Crippen molar-refractivity contribution < 1.29 is 0 Å². The molecule has 4 aromatic carbocycles. The van der Waals surface area contributed by atoms with Crippen molar-refractivity contribution in [2.45, 2.75) is 9.79 Å². The van der Waals surface area contributed by atoms with Gasteiger partial charge in [0.05, 0.1) is 30.1 Å². The van der Waals surface area contributed by atoms with Gasteiger partial charge < -0.3 is 0 Å². The zero-order valence-electron chi connectivity index (χ0n) is 16.2. The molecule has 0 saturated heterocycles.